The van der Waals surface area contributed by atoms with Crippen molar-refractivity contribution in [2.45, 2.75) is 0 Å². The van der Waals surface area contributed by atoms with E-state index in [2.05, 4.69) is 20.9 Å². The van der Waals surface area contributed by atoms with Gasteiger partial charge in [0, 0.05) is 11.8 Å². The lowest BCUT2D eigenvalue weighted by molar-refractivity contribution is 0.511. The number of imidazole rings is 1. The molecular formula is C13H8BrF2N3. The number of hydrogen-bond donors (Lipinski definition) is 1. The van der Waals surface area contributed by atoms with E-state index in [-0.39, 0.29) is 17.1 Å². The van der Waals surface area contributed by atoms with Gasteiger partial charge in [0.1, 0.15) is 11.5 Å². The number of anilines is 1. The highest BCUT2D eigenvalue weighted by Gasteiger charge is 2.17. The van der Waals surface area contributed by atoms with Gasteiger partial charge in [0.2, 0.25) is 0 Å². The molecule has 0 spiro atoms. The summed E-state index contributed by atoms with van der Waals surface area (Å²) in [5.41, 5.74) is 6.78. The van der Waals surface area contributed by atoms with Crippen molar-refractivity contribution in [3.8, 4) is 11.3 Å². The van der Waals surface area contributed by atoms with Gasteiger partial charge in [-0.15, -0.1) is 0 Å². The van der Waals surface area contributed by atoms with Gasteiger partial charge in [-0.1, -0.05) is 6.07 Å². The SMILES string of the molecule is Nc1c(-c2cccc(F)c2F)nc2c(Br)cccn12. The second-order valence-corrected chi connectivity index (χ2v) is 4.85. The minimum absolute atomic E-state index is 0.0492. The van der Waals surface area contributed by atoms with Crippen LogP contribution in [0.25, 0.3) is 16.9 Å². The third kappa shape index (κ3) is 1.79. The zero-order valence-corrected chi connectivity index (χ0v) is 11.2. The van der Waals surface area contributed by atoms with Crippen molar-refractivity contribution >= 4 is 27.4 Å². The predicted molar refractivity (Wildman–Crippen MR) is 72.7 cm³/mol. The number of halogens is 3. The van der Waals surface area contributed by atoms with Gasteiger partial charge in [0.15, 0.2) is 17.3 Å². The maximum atomic E-state index is 13.8. The van der Waals surface area contributed by atoms with E-state index in [0.717, 1.165) is 10.5 Å². The number of hydrogen-bond acceptors (Lipinski definition) is 2. The Morgan fingerprint density at radius 3 is 2.68 bits per heavy atom. The average Bonchev–Trinajstić information content (AvgIpc) is 2.72. The highest BCUT2D eigenvalue weighted by Crippen LogP contribution is 2.31. The van der Waals surface area contributed by atoms with E-state index >= 15 is 0 Å². The Balaban J connectivity index is 2.35. The minimum atomic E-state index is -0.950. The summed E-state index contributed by atoms with van der Waals surface area (Å²) in [5.74, 6) is -1.61. The normalized spacial score (nSPS) is 11.1. The van der Waals surface area contributed by atoms with Gasteiger partial charge >= 0.3 is 0 Å². The van der Waals surface area contributed by atoms with Crippen molar-refractivity contribution in [1.82, 2.24) is 9.38 Å². The van der Waals surface area contributed by atoms with Gasteiger partial charge in [-0.2, -0.15) is 0 Å². The monoisotopic (exact) mass is 323 g/mol. The summed E-state index contributed by atoms with van der Waals surface area (Å²) < 4.78 is 29.4. The molecule has 0 saturated heterocycles. The number of nitrogens with zero attached hydrogens (tertiary/aromatic N) is 2. The molecule has 0 amide bonds. The van der Waals surface area contributed by atoms with Crippen LogP contribution in [0.2, 0.25) is 0 Å². The largest absolute Gasteiger partial charge is 0.383 e. The molecule has 3 nitrogen and oxygen atoms in total. The number of nitrogen functional groups attached to an aromatic ring is 1. The van der Waals surface area contributed by atoms with E-state index in [4.69, 9.17) is 5.73 Å². The Hall–Kier alpha value is -1.95. The van der Waals surface area contributed by atoms with Crippen LogP contribution in [-0.4, -0.2) is 9.38 Å². The Kier molecular flexibility index (Phi) is 2.74. The first-order valence-corrected chi connectivity index (χ1v) is 6.25. The molecule has 6 heteroatoms. The van der Waals surface area contributed by atoms with Crippen LogP contribution < -0.4 is 5.73 Å². The van der Waals surface area contributed by atoms with Gasteiger partial charge in [-0.25, -0.2) is 13.8 Å². The van der Waals surface area contributed by atoms with Crippen molar-refractivity contribution in [2.75, 3.05) is 5.73 Å². The molecule has 3 aromatic rings. The van der Waals surface area contributed by atoms with Crippen LogP contribution >= 0.6 is 15.9 Å². The zero-order chi connectivity index (χ0) is 13.6. The summed E-state index contributed by atoms with van der Waals surface area (Å²) in [5, 5.41) is 0. The molecule has 0 aliphatic rings. The van der Waals surface area contributed by atoms with Gasteiger partial charge in [-0.05, 0) is 40.2 Å². The molecule has 0 aliphatic heterocycles. The van der Waals surface area contributed by atoms with Crippen molar-refractivity contribution in [1.29, 1.82) is 0 Å². The fraction of sp³-hybridized carbons (Fsp3) is 0. The van der Waals surface area contributed by atoms with Crippen molar-refractivity contribution in [3.63, 3.8) is 0 Å². The number of aromatic nitrogens is 2. The molecule has 3 rings (SSSR count). The van der Waals surface area contributed by atoms with Crippen LogP contribution in [0.1, 0.15) is 0 Å². The highest BCUT2D eigenvalue weighted by molar-refractivity contribution is 9.10. The number of rotatable bonds is 1. The van der Waals surface area contributed by atoms with Gasteiger partial charge in [-0.3, -0.25) is 4.40 Å². The summed E-state index contributed by atoms with van der Waals surface area (Å²) in [6.45, 7) is 0. The lowest BCUT2D eigenvalue weighted by Crippen LogP contribution is -1.96. The van der Waals surface area contributed by atoms with Crippen LogP contribution in [0, 0.1) is 11.6 Å². The van der Waals surface area contributed by atoms with Crippen molar-refractivity contribution in [2.24, 2.45) is 0 Å². The second-order valence-electron chi connectivity index (χ2n) is 4.00. The Labute approximate surface area is 115 Å². The molecule has 96 valence electrons. The summed E-state index contributed by atoms with van der Waals surface area (Å²) >= 11 is 3.34. The quantitative estimate of drug-likeness (QED) is 0.743. The number of nitrogens with two attached hydrogens (primary N) is 1. The van der Waals surface area contributed by atoms with E-state index in [9.17, 15) is 8.78 Å². The van der Waals surface area contributed by atoms with E-state index in [0.29, 0.717) is 5.65 Å². The van der Waals surface area contributed by atoms with Crippen LogP contribution in [0.3, 0.4) is 0 Å². The summed E-state index contributed by atoms with van der Waals surface area (Å²) in [7, 11) is 0. The standard InChI is InChI=1S/C13H8BrF2N3/c14-8-4-2-6-19-12(17)11(18-13(8)19)7-3-1-5-9(15)10(7)16/h1-6H,17H2. The van der Waals surface area contributed by atoms with E-state index < -0.39 is 11.6 Å². The third-order valence-corrected chi connectivity index (χ3v) is 3.47. The van der Waals surface area contributed by atoms with Crippen LogP contribution in [-0.2, 0) is 0 Å². The van der Waals surface area contributed by atoms with E-state index in [1.807, 2.05) is 0 Å². The molecule has 0 unspecified atom stereocenters. The van der Waals surface area contributed by atoms with Gasteiger partial charge in [0.05, 0.1) is 4.47 Å². The fourth-order valence-corrected chi connectivity index (χ4v) is 2.37. The molecule has 0 aliphatic carbocycles. The first-order chi connectivity index (χ1) is 9.09. The van der Waals surface area contributed by atoms with Crippen molar-refractivity contribution in [3.05, 3.63) is 52.6 Å². The van der Waals surface area contributed by atoms with E-state index in [1.165, 1.54) is 12.1 Å². The molecule has 0 fully saturated rings. The summed E-state index contributed by atoms with van der Waals surface area (Å²) in [4.78, 5) is 4.27. The maximum absolute atomic E-state index is 13.8. The van der Waals surface area contributed by atoms with Gasteiger partial charge in [0.25, 0.3) is 0 Å². The lowest BCUT2D eigenvalue weighted by Gasteiger charge is -2.01. The molecule has 19 heavy (non-hydrogen) atoms. The fourth-order valence-electron chi connectivity index (χ4n) is 1.94. The second kappa shape index (κ2) is 4.31. The first kappa shape index (κ1) is 12.1. The van der Waals surface area contributed by atoms with E-state index in [1.54, 1.807) is 22.7 Å². The van der Waals surface area contributed by atoms with Crippen LogP contribution in [0.5, 0.6) is 0 Å². The minimum Gasteiger partial charge on any atom is -0.383 e. The molecule has 2 N–H and O–H groups in total. The molecule has 2 heterocycles. The third-order valence-electron chi connectivity index (χ3n) is 2.85. The Bertz CT molecular complexity index is 783. The van der Waals surface area contributed by atoms with Gasteiger partial charge < -0.3 is 5.73 Å². The number of fused-ring (bicyclic) bond motifs is 1. The first-order valence-electron chi connectivity index (χ1n) is 5.46. The molecule has 0 saturated carbocycles. The Morgan fingerprint density at radius 1 is 1.16 bits per heavy atom. The topological polar surface area (TPSA) is 43.3 Å². The van der Waals surface area contributed by atoms with Crippen molar-refractivity contribution < 1.29 is 8.78 Å². The Morgan fingerprint density at radius 2 is 1.95 bits per heavy atom. The van der Waals surface area contributed by atoms with Crippen LogP contribution in [0.4, 0.5) is 14.6 Å². The molecule has 1 aromatic carbocycles. The smallest absolute Gasteiger partial charge is 0.168 e. The molecule has 2 aromatic heterocycles. The molecule has 0 atom stereocenters. The molecular weight excluding hydrogens is 316 g/mol. The number of pyridine rings is 1. The average molecular weight is 324 g/mol. The predicted octanol–water partition coefficient (Wildman–Crippen LogP) is 3.62. The number of benzene rings is 1. The lowest BCUT2D eigenvalue weighted by atomic mass is 10.1. The summed E-state index contributed by atoms with van der Waals surface area (Å²) in [6, 6.07) is 7.51. The maximum Gasteiger partial charge on any atom is 0.168 e. The molecule has 0 radical (unpaired) electrons. The highest BCUT2D eigenvalue weighted by atomic mass is 79.9. The molecule has 0 bridgehead atoms. The zero-order valence-electron chi connectivity index (χ0n) is 9.57. The van der Waals surface area contributed by atoms with Crippen LogP contribution in [0.15, 0.2) is 41.0 Å². The summed E-state index contributed by atoms with van der Waals surface area (Å²) in [6.07, 6.45) is 1.71.